The number of carbonyl (C=O) groups is 1. The molecule has 1 N–H and O–H groups in total. The second-order valence-corrected chi connectivity index (χ2v) is 6.49. The van der Waals surface area contributed by atoms with Gasteiger partial charge in [-0.1, -0.05) is 19.0 Å². The molecule has 1 saturated heterocycles. The van der Waals surface area contributed by atoms with Gasteiger partial charge in [0.2, 0.25) is 17.7 Å². The minimum atomic E-state index is -0.0610. The second kappa shape index (κ2) is 8.04. The van der Waals surface area contributed by atoms with Crippen molar-refractivity contribution in [2.75, 3.05) is 18.4 Å². The number of amides is 1. The zero-order chi connectivity index (χ0) is 17.6. The SMILES string of the molecule is CC(C)c1nc(C2CCCN2C(=O)CCCNc2ncccn2)no1. The number of anilines is 1. The van der Waals surface area contributed by atoms with Gasteiger partial charge in [0.05, 0.1) is 6.04 Å². The van der Waals surface area contributed by atoms with Gasteiger partial charge in [-0.15, -0.1) is 0 Å². The van der Waals surface area contributed by atoms with Crippen molar-refractivity contribution in [2.24, 2.45) is 0 Å². The smallest absolute Gasteiger partial charge is 0.229 e. The molecule has 1 aliphatic rings. The lowest BCUT2D eigenvalue weighted by atomic mass is 10.2. The summed E-state index contributed by atoms with van der Waals surface area (Å²) in [6.45, 7) is 5.44. The molecule has 0 aromatic carbocycles. The molecule has 1 fully saturated rings. The number of nitrogens with one attached hydrogen (secondary N) is 1. The molecule has 1 aliphatic heterocycles. The Balaban J connectivity index is 1.50. The monoisotopic (exact) mass is 344 g/mol. The van der Waals surface area contributed by atoms with Crippen molar-refractivity contribution < 1.29 is 9.32 Å². The van der Waals surface area contributed by atoms with E-state index in [2.05, 4.69) is 25.4 Å². The Bertz CT molecular complexity index is 687. The maximum atomic E-state index is 12.6. The van der Waals surface area contributed by atoms with E-state index in [9.17, 15) is 4.79 Å². The van der Waals surface area contributed by atoms with Crippen molar-refractivity contribution >= 4 is 11.9 Å². The summed E-state index contributed by atoms with van der Waals surface area (Å²) in [5.41, 5.74) is 0. The standard InChI is InChI=1S/C17H24N6O2/c1-12(2)16-21-15(22-25-16)13-6-4-11-23(13)14(24)7-3-8-18-17-19-9-5-10-20-17/h5,9-10,12-13H,3-4,6-8,11H2,1-2H3,(H,18,19,20). The Morgan fingerprint density at radius 1 is 1.40 bits per heavy atom. The molecule has 0 spiro atoms. The van der Waals surface area contributed by atoms with Crippen LogP contribution < -0.4 is 5.32 Å². The first-order valence-electron chi connectivity index (χ1n) is 8.79. The van der Waals surface area contributed by atoms with E-state index in [0.29, 0.717) is 30.6 Å². The van der Waals surface area contributed by atoms with Crippen LogP contribution in [0.5, 0.6) is 0 Å². The molecule has 0 saturated carbocycles. The van der Waals surface area contributed by atoms with Gasteiger partial charge in [-0.2, -0.15) is 4.98 Å². The number of aromatic nitrogens is 4. The van der Waals surface area contributed by atoms with E-state index in [4.69, 9.17) is 4.52 Å². The fraction of sp³-hybridized carbons (Fsp3) is 0.588. The Kier molecular flexibility index (Phi) is 5.57. The Morgan fingerprint density at radius 3 is 2.92 bits per heavy atom. The lowest BCUT2D eigenvalue weighted by molar-refractivity contribution is -0.132. The number of rotatable bonds is 7. The summed E-state index contributed by atoms with van der Waals surface area (Å²) in [6.07, 6.45) is 6.43. The highest BCUT2D eigenvalue weighted by atomic mass is 16.5. The van der Waals surface area contributed by atoms with Crippen molar-refractivity contribution in [2.45, 2.75) is 51.5 Å². The first-order valence-corrected chi connectivity index (χ1v) is 8.79. The van der Waals surface area contributed by atoms with Crippen LogP contribution >= 0.6 is 0 Å². The second-order valence-electron chi connectivity index (χ2n) is 6.49. The van der Waals surface area contributed by atoms with E-state index < -0.39 is 0 Å². The van der Waals surface area contributed by atoms with Crippen LogP contribution in [-0.2, 0) is 4.79 Å². The van der Waals surface area contributed by atoms with Crippen molar-refractivity contribution in [3.05, 3.63) is 30.2 Å². The third-order valence-electron chi connectivity index (χ3n) is 4.24. The van der Waals surface area contributed by atoms with E-state index in [1.165, 1.54) is 0 Å². The van der Waals surface area contributed by atoms with Gasteiger partial charge in [0, 0.05) is 37.8 Å². The summed E-state index contributed by atoms with van der Waals surface area (Å²) in [6, 6.07) is 1.71. The largest absolute Gasteiger partial charge is 0.354 e. The molecule has 2 aromatic heterocycles. The normalized spacial score (nSPS) is 17.2. The molecule has 1 unspecified atom stereocenters. The van der Waals surface area contributed by atoms with E-state index in [1.54, 1.807) is 18.5 Å². The summed E-state index contributed by atoms with van der Waals surface area (Å²) < 4.78 is 5.29. The molecular formula is C17H24N6O2. The van der Waals surface area contributed by atoms with Crippen LogP contribution in [0.1, 0.15) is 63.2 Å². The number of hydrogen-bond donors (Lipinski definition) is 1. The summed E-state index contributed by atoms with van der Waals surface area (Å²) in [5.74, 6) is 2.17. The topological polar surface area (TPSA) is 97.0 Å². The molecule has 1 amide bonds. The van der Waals surface area contributed by atoms with Gasteiger partial charge < -0.3 is 14.7 Å². The van der Waals surface area contributed by atoms with Crippen LogP contribution in [-0.4, -0.2) is 44.0 Å². The molecule has 1 atom stereocenters. The van der Waals surface area contributed by atoms with Crippen LogP contribution in [0.2, 0.25) is 0 Å². The Labute approximate surface area is 147 Å². The lowest BCUT2D eigenvalue weighted by Crippen LogP contribution is -2.31. The molecule has 134 valence electrons. The van der Waals surface area contributed by atoms with Gasteiger partial charge in [0.15, 0.2) is 5.82 Å². The minimum Gasteiger partial charge on any atom is -0.354 e. The highest BCUT2D eigenvalue weighted by Crippen LogP contribution is 2.31. The average Bonchev–Trinajstić information content (AvgIpc) is 3.28. The lowest BCUT2D eigenvalue weighted by Gasteiger charge is -2.22. The summed E-state index contributed by atoms with van der Waals surface area (Å²) >= 11 is 0. The number of nitrogens with zero attached hydrogens (tertiary/aromatic N) is 5. The zero-order valence-electron chi connectivity index (χ0n) is 14.7. The molecule has 2 aromatic rings. The van der Waals surface area contributed by atoms with E-state index in [1.807, 2.05) is 18.7 Å². The molecule has 3 rings (SSSR count). The maximum absolute atomic E-state index is 12.6. The van der Waals surface area contributed by atoms with Gasteiger partial charge in [0.25, 0.3) is 0 Å². The van der Waals surface area contributed by atoms with E-state index >= 15 is 0 Å². The van der Waals surface area contributed by atoms with Gasteiger partial charge >= 0.3 is 0 Å². The van der Waals surface area contributed by atoms with Crippen LogP contribution in [0.15, 0.2) is 23.0 Å². The fourth-order valence-electron chi connectivity index (χ4n) is 2.92. The summed E-state index contributed by atoms with van der Waals surface area (Å²) in [4.78, 5) is 27.1. The third kappa shape index (κ3) is 4.32. The zero-order valence-corrected chi connectivity index (χ0v) is 14.7. The van der Waals surface area contributed by atoms with Crippen molar-refractivity contribution in [3.63, 3.8) is 0 Å². The molecule has 3 heterocycles. The highest BCUT2D eigenvalue weighted by Gasteiger charge is 2.33. The van der Waals surface area contributed by atoms with Crippen LogP contribution in [0.25, 0.3) is 0 Å². The summed E-state index contributed by atoms with van der Waals surface area (Å²) in [7, 11) is 0. The first kappa shape index (κ1) is 17.3. The van der Waals surface area contributed by atoms with E-state index in [0.717, 1.165) is 25.8 Å². The molecular weight excluding hydrogens is 320 g/mol. The summed E-state index contributed by atoms with van der Waals surface area (Å²) in [5, 5.41) is 7.20. The average molecular weight is 344 g/mol. The number of hydrogen-bond acceptors (Lipinski definition) is 7. The first-order chi connectivity index (χ1) is 12.1. The number of likely N-dealkylation sites (tertiary alicyclic amines) is 1. The molecule has 25 heavy (non-hydrogen) atoms. The third-order valence-corrected chi connectivity index (χ3v) is 4.24. The van der Waals surface area contributed by atoms with Crippen LogP contribution in [0, 0.1) is 0 Å². The molecule has 0 bridgehead atoms. The quantitative estimate of drug-likeness (QED) is 0.771. The van der Waals surface area contributed by atoms with E-state index in [-0.39, 0.29) is 17.9 Å². The van der Waals surface area contributed by atoms with Crippen molar-refractivity contribution in [1.29, 1.82) is 0 Å². The fourth-order valence-corrected chi connectivity index (χ4v) is 2.92. The molecule has 8 nitrogen and oxygen atoms in total. The molecule has 0 aliphatic carbocycles. The predicted molar refractivity (Wildman–Crippen MR) is 91.8 cm³/mol. The van der Waals surface area contributed by atoms with Gasteiger partial charge in [0.1, 0.15) is 0 Å². The number of carbonyl (C=O) groups excluding carboxylic acids is 1. The van der Waals surface area contributed by atoms with Crippen LogP contribution in [0.4, 0.5) is 5.95 Å². The maximum Gasteiger partial charge on any atom is 0.229 e. The van der Waals surface area contributed by atoms with Gasteiger partial charge in [-0.3, -0.25) is 4.79 Å². The van der Waals surface area contributed by atoms with Crippen molar-refractivity contribution in [1.82, 2.24) is 25.0 Å². The molecule has 0 radical (unpaired) electrons. The van der Waals surface area contributed by atoms with Crippen molar-refractivity contribution in [3.8, 4) is 0 Å². The Morgan fingerprint density at radius 2 is 2.20 bits per heavy atom. The highest BCUT2D eigenvalue weighted by molar-refractivity contribution is 5.76. The minimum absolute atomic E-state index is 0.0610. The van der Waals surface area contributed by atoms with Gasteiger partial charge in [-0.25, -0.2) is 9.97 Å². The van der Waals surface area contributed by atoms with Crippen LogP contribution in [0.3, 0.4) is 0 Å². The van der Waals surface area contributed by atoms with Gasteiger partial charge in [-0.05, 0) is 25.3 Å². The Hall–Kier alpha value is -2.51. The predicted octanol–water partition coefficient (Wildman–Crippen LogP) is 2.54. The molecule has 8 heteroatoms.